The fourth-order valence-corrected chi connectivity index (χ4v) is 1.64. The summed E-state index contributed by atoms with van der Waals surface area (Å²) in [5.74, 6) is -2.37. The Labute approximate surface area is 107 Å². The number of hydrogen-bond donors (Lipinski definition) is 2. The van der Waals surface area contributed by atoms with Crippen molar-refractivity contribution in [1.82, 2.24) is 0 Å². The third kappa shape index (κ3) is 3.99. The van der Waals surface area contributed by atoms with Gasteiger partial charge in [-0.2, -0.15) is 8.78 Å². The summed E-state index contributed by atoms with van der Waals surface area (Å²) in [6, 6.07) is 3.83. The van der Waals surface area contributed by atoms with Crippen molar-refractivity contribution in [3.8, 4) is 5.75 Å². The average Bonchev–Trinajstić information content (AvgIpc) is 2.26. The summed E-state index contributed by atoms with van der Waals surface area (Å²) in [5.41, 5.74) is -0.189. The number of hydrogen-bond acceptors (Lipinski definition) is 4. The second kappa shape index (κ2) is 6.24. The van der Waals surface area contributed by atoms with E-state index in [0.29, 0.717) is 0 Å². The molecule has 19 heavy (non-hydrogen) atoms. The third-order valence-corrected chi connectivity index (χ3v) is 2.32. The number of carboxylic acid groups (broad SMARTS) is 1. The van der Waals surface area contributed by atoms with E-state index in [2.05, 4.69) is 4.74 Å². The van der Waals surface area contributed by atoms with E-state index in [1.165, 1.54) is 19.1 Å². The average molecular weight is 274 g/mol. The minimum atomic E-state index is -3.16. The first-order chi connectivity index (χ1) is 8.82. The molecule has 0 aromatic heterocycles. The van der Waals surface area contributed by atoms with Crippen LogP contribution in [0.3, 0.4) is 0 Å². The van der Waals surface area contributed by atoms with Crippen molar-refractivity contribution < 1.29 is 33.3 Å². The van der Waals surface area contributed by atoms with E-state index >= 15 is 0 Å². The summed E-state index contributed by atoms with van der Waals surface area (Å²) < 4.78 is 28.7. The van der Waals surface area contributed by atoms with E-state index in [-0.39, 0.29) is 23.3 Å². The Balaban J connectivity index is 3.30. The molecule has 0 heterocycles. The molecule has 0 aliphatic carbocycles. The number of aliphatic hydroxyl groups is 1. The van der Waals surface area contributed by atoms with Crippen LogP contribution >= 0.6 is 0 Å². The minimum Gasteiger partial charge on any atom is -0.479 e. The molecule has 2 N–H and O–H groups in total. The molecule has 0 fully saturated rings. The van der Waals surface area contributed by atoms with Gasteiger partial charge in [-0.1, -0.05) is 12.1 Å². The number of carbonyl (C=O) groups is 2. The van der Waals surface area contributed by atoms with Crippen LogP contribution in [0.2, 0.25) is 0 Å². The van der Waals surface area contributed by atoms with Crippen molar-refractivity contribution in [2.45, 2.75) is 26.1 Å². The lowest BCUT2D eigenvalue weighted by molar-refractivity contribution is -0.147. The number of aliphatic hydroxyl groups excluding tert-OH is 1. The Morgan fingerprint density at radius 1 is 1.37 bits per heavy atom. The van der Waals surface area contributed by atoms with Crippen molar-refractivity contribution in [2.75, 3.05) is 0 Å². The molecule has 0 aliphatic rings. The Kier molecular flexibility index (Phi) is 4.94. The summed E-state index contributed by atoms with van der Waals surface area (Å²) in [7, 11) is 0. The summed E-state index contributed by atoms with van der Waals surface area (Å²) in [6.07, 6.45) is -2.22. The lowest BCUT2D eigenvalue weighted by atomic mass is 9.97. The highest BCUT2D eigenvalue weighted by Crippen LogP contribution is 2.31. The smallest absolute Gasteiger partial charge is 0.387 e. The van der Waals surface area contributed by atoms with Crippen LogP contribution in [0.4, 0.5) is 8.78 Å². The number of halogens is 2. The largest absolute Gasteiger partial charge is 0.479 e. The number of benzene rings is 1. The van der Waals surface area contributed by atoms with Gasteiger partial charge in [0, 0.05) is 12.0 Å². The molecule has 0 radical (unpaired) electrons. The van der Waals surface area contributed by atoms with Crippen molar-refractivity contribution in [3.05, 3.63) is 29.3 Å². The van der Waals surface area contributed by atoms with Gasteiger partial charge in [0.15, 0.2) is 6.10 Å². The van der Waals surface area contributed by atoms with Gasteiger partial charge in [-0.25, -0.2) is 4.79 Å². The SMILES string of the molecule is CC(=O)Cc1cccc(OC(F)F)c1C(O)C(=O)O. The Hall–Kier alpha value is -2.02. The summed E-state index contributed by atoms with van der Waals surface area (Å²) in [5, 5.41) is 18.3. The van der Waals surface area contributed by atoms with Gasteiger partial charge in [-0.15, -0.1) is 0 Å². The number of ether oxygens (including phenoxy) is 1. The van der Waals surface area contributed by atoms with Crippen LogP contribution in [0.15, 0.2) is 18.2 Å². The number of aliphatic carboxylic acids is 1. The first-order valence-corrected chi connectivity index (χ1v) is 5.29. The zero-order valence-electron chi connectivity index (χ0n) is 9.97. The number of alkyl halides is 2. The molecule has 1 unspecified atom stereocenters. The van der Waals surface area contributed by atoms with E-state index in [1.807, 2.05) is 0 Å². The molecule has 0 aliphatic heterocycles. The zero-order chi connectivity index (χ0) is 14.6. The summed E-state index contributed by atoms with van der Waals surface area (Å²) in [6.45, 7) is -1.90. The van der Waals surface area contributed by atoms with Gasteiger partial charge in [0.25, 0.3) is 0 Å². The molecule has 5 nitrogen and oxygen atoms in total. The number of ketones is 1. The van der Waals surface area contributed by atoms with Crippen LogP contribution in [0.1, 0.15) is 24.2 Å². The minimum absolute atomic E-state index is 0.139. The van der Waals surface area contributed by atoms with Gasteiger partial charge in [0.2, 0.25) is 0 Å². The van der Waals surface area contributed by atoms with Crippen molar-refractivity contribution in [2.24, 2.45) is 0 Å². The summed E-state index contributed by atoms with van der Waals surface area (Å²) >= 11 is 0. The Morgan fingerprint density at radius 2 is 2.00 bits per heavy atom. The van der Waals surface area contributed by atoms with Crippen LogP contribution in [0.25, 0.3) is 0 Å². The molecule has 1 atom stereocenters. The topological polar surface area (TPSA) is 83.8 Å². The maximum absolute atomic E-state index is 12.2. The normalized spacial score (nSPS) is 12.3. The summed E-state index contributed by atoms with van der Waals surface area (Å²) in [4.78, 5) is 21.9. The molecule has 0 amide bonds. The predicted molar refractivity (Wildman–Crippen MR) is 60.1 cm³/mol. The molecular weight excluding hydrogens is 262 g/mol. The van der Waals surface area contributed by atoms with E-state index < -0.39 is 24.4 Å². The van der Waals surface area contributed by atoms with Gasteiger partial charge in [0.1, 0.15) is 11.5 Å². The van der Waals surface area contributed by atoms with Crippen LogP contribution in [0.5, 0.6) is 5.75 Å². The van der Waals surface area contributed by atoms with Gasteiger partial charge >= 0.3 is 12.6 Å². The van der Waals surface area contributed by atoms with Crippen molar-refractivity contribution in [3.63, 3.8) is 0 Å². The van der Waals surface area contributed by atoms with Gasteiger partial charge in [-0.05, 0) is 18.6 Å². The number of carboxylic acids is 1. The molecule has 1 aromatic rings. The van der Waals surface area contributed by atoms with E-state index in [0.717, 1.165) is 6.07 Å². The maximum atomic E-state index is 12.2. The van der Waals surface area contributed by atoms with Crippen LogP contribution < -0.4 is 4.74 Å². The monoisotopic (exact) mass is 274 g/mol. The third-order valence-electron chi connectivity index (χ3n) is 2.32. The Bertz CT molecular complexity index is 487. The highest BCUT2D eigenvalue weighted by atomic mass is 19.3. The molecule has 7 heteroatoms. The van der Waals surface area contributed by atoms with E-state index in [4.69, 9.17) is 5.11 Å². The fourth-order valence-electron chi connectivity index (χ4n) is 1.64. The van der Waals surface area contributed by atoms with Crippen LogP contribution in [-0.2, 0) is 16.0 Å². The molecule has 0 bridgehead atoms. The molecule has 1 rings (SSSR count). The molecule has 0 spiro atoms. The highest BCUT2D eigenvalue weighted by molar-refractivity contribution is 5.81. The van der Waals surface area contributed by atoms with Crippen LogP contribution in [0, 0.1) is 0 Å². The first kappa shape index (κ1) is 15.0. The van der Waals surface area contributed by atoms with E-state index in [9.17, 15) is 23.5 Å². The van der Waals surface area contributed by atoms with Gasteiger partial charge in [-0.3, -0.25) is 4.79 Å². The van der Waals surface area contributed by atoms with E-state index in [1.54, 1.807) is 0 Å². The number of Topliss-reactive ketones (excluding diaryl/α,β-unsaturated/α-hetero) is 1. The van der Waals surface area contributed by atoms with Gasteiger partial charge < -0.3 is 14.9 Å². The molecule has 0 saturated heterocycles. The first-order valence-electron chi connectivity index (χ1n) is 5.29. The second-order valence-corrected chi connectivity index (χ2v) is 3.83. The van der Waals surface area contributed by atoms with Crippen LogP contribution in [-0.4, -0.2) is 28.6 Å². The highest BCUT2D eigenvalue weighted by Gasteiger charge is 2.25. The second-order valence-electron chi connectivity index (χ2n) is 3.83. The van der Waals surface area contributed by atoms with Gasteiger partial charge in [0.05, 0.1) is 0 Å². The maximum Gasteiger partial charge on any atom is 0.387 e. The lowest BCUT2D eigenvalue weighted by Crippen LogP contribution is -2.17. The zero-order valence-corrected chi connectivity index (χ0v) is 9.97. The molecule has 0 saturated carbocycles. The number of carbonyl (C=O) groups excluding carboxylic acids is 1. The predicted octanol–water partition coefficient (Wildman–Crippen LogP) is 1.54. The van der Waals surface area contributed by atoms with Crippen molar-refractivity contribution in [1.29, 1.82) is 0 Å². The molecule has 1 aromatic carbocycles. The van der Waals surface area contributed by atoms with Crippen molar-refractivity contribution >= 4 is 11.8 Å². The quantitative estimate of drug-likeness (QED) is 0.822. The molecule has 104 valence electrons. The standard InChI is InChI=1S/C12H12F2O5/c1-6(15)5-7-3-2-4-8(19-12(13)14)9(7)10(16)11(17)18/h2-4,10,12,16H,5H2,1H3,(H,17,18). The molecular formula is C12H12F2O5. The number of rotatable bonds is 6. The fraction of sp³-hybridized carbons (Fsp3) is 0.333. The lowest BCUT2D eigenvalue weighted by Gasteiger charge is -2.16. The Morgan fingerprint density at radius 3 is 2.47 bits per heavy atom.